The van der Waals surface area contributed by atoms with E-state index in [0.717, 1.165) is 10.8 Å². The number of nitrogens with one attached hydrogen (secondary N) is 2. The van der Waals surface area contributed by atoms with Gasteiger partial charge >= 0.3 is 0 Å². The number of anilines is 2. The molecule has 6 nitrogen and oxygen atoms in total. The second-order valence-electron chi connectivity index (χ2n) is 5.66. The quantitative estimate of drug-likeness (QED) is 0.551. The molecular weight excluding hydrogens is 365 g/mol. The molecule has 0 saturated carbocycles. The molecule has 0 amide bonds. The fraction of sp³-hybridized carbons (Fsp3) is 0.316. The van der Waals surface area contributed by atoms with Gasteiger partial charge in [0.1, 0.15) is 12.2 Å². The summed E-state index contributed by atoms with van der Waals surface area (Å²) in [5.74, 6) is 0.0817. The van der Waals surface area contributed by atoms with Crippen LogP contribution in [0.2, 0.25) is 0 Å². The highest BCUT2D eigenvalue weighted by Gasteiger charge is 2.13. The molecule has 0 radical (unpaired) electrons. The number of fused-ring (bicyclic) bond motifs is 1. The molecule has 27 heavy (non-hydrogen) atoms. The van der Waals surface area contributed by atoms with Crippen molar-refractivity contribution in [1.82, 2.24) is 9.97 Å². The summed E-state index contributed by atoms with van der Waals surface area (Å²) < 4.78 is 13.0. The van der Waals surface area contributed by atoms with Crippen LogP contribution in [0.5, 0.6) is 5.75 Å². The highest BCUT2D eigenvalue weighted by atomic mass is 32.1. The van der Waals surface area contributed by atoms with E-state index in [9.17, 15) is 4.53 Å². The first-order valence-corrected chi connectivity index (χ1v) is 9.55. The van der Waals surface area contributed by atoms with E-state index in [2.05, 4.69) is 25.5 Å². The fourth-order valence-electron chi connectivity index (χ4n) is 2.35. The van der Waals surface area contributed by atoms with Crippen molar-refractivity contribution in [2.24, 2.45) is 0 Å². The van der Waals surface area contributed by atoms with Gasteiger partial charge in [-0.3, -0.25) is 4.94 Å². The van der Waals surface area contributed by atoms with Crippen LogP contribution in [0, 0.1) is 11.3 Å². The number of benzene rings is 1. The van der Waals surface area contributed by atoms with E-state index in [1.807, 2.05) is 39.1 Å². The van der Waals surface area contributed by atoms with Gasteiger partial charge in [-0.15, -0.1) is 11.3 Å². The van der Waals surface area contributed by atoms with Gasteiger partial charge in [0.25, 0.3) is 0 Å². The zero-order valence-corrected chi connectivity index (χ0v) is 16.5. The van der Waals surface area contributed by atoms with E-state index < -0.39 is 0 Å². The summed E-state index contributed by atoms with van der Waals surface area (Å²) in [6, 6.07) is 9.00. The molecule has 8 heteroatoms. The van der Waals surface area contributed by atoms with Crippen LogP contribution in [0.25, 0.3) is 22.3 Å². The molecule has 0 bridgehead atoms. The first kappa shape index (κ1) is 20.4. The van der Waals surface area contributed by atoms with Crippen LogP contribution >= 0.6 is 11.3 Å². The largest absolute Gasteiger partial charge is 0.372 e. The lowest BCUT2D eigenvalue weighted by molar-refractivity contribution is -0.00424. The van der Waals surface area contributed by atoms with E-state index in [-0.39, 0.29) is 18.3 Å². The Labute approximate surface area is 161 Å². The molecule has 0 atom stereocenters. The zero-order valence-electron chi connectivity index (χ0n) is 15.7. The average molecular weight is 387 g/mol. The zero-order chi connectivity index (χ0) is 19.8. The summed E-state index contributed by atoms with van der Waals surface area (Å²) >= 11 is 1.46. The van der Waals surface area contributed by atoms with Gasteiger partial charge in [0.05, 0.1) is 17.3 Å². The smallest absolute Gasteiger partial charge is 0.183 e. The molecule has 142 valence electrons. The Morgan fingerprint density at radius 3 is 2.67 bits per heavy atom. The molecule has 0 spiro atoms. The van der Waals surface area contributed by atoms with Gasteiger partial charge in [0.2, 0.25) is 0 Å². The number of aromatic nitrogens is 2. The first-order valence-electron chi connectivity index (χ1n) is 8.67. The molecule has 0 aliphatic carbocycles. The minimum atomic E-state index is 0.0817. The average Bonchev–Trinajstić information content (AvgIpc) is 3.14. The third kappa shape index (κ3) is 5.05. The summed E-state index contributed by atoms with van der Waals surface area (Å²) in [4.78, 5) is 13.1. The minimum Gasteiger partial charge on any atom is -0.372 e. The Kier molecular flexibility index (Phi) is 7.32. The topological polar surface area (TPSA) is 82.9 Å². The van der Waals surface area contributed by atoms with Crippen LogP contribution in [0.1, 0.15) is 27.7 Å². The van der Waals surface area contributed by atoms with Gasteiger partial charge < -0.3 is 10.6 Å². The van der Waals surface area contributed by atoms with E-state index in [0.29, 0.717) is 22.3 Å². The lowest BCUT2D eigenvalue weighted by atomic mass is 10.1. The van der Waals surface area contributed by atoms with Crippen LogP contribution < -0.4 is 15.6 Å². The molecule has 3 rings (SSSR count). The van der Waals surface area contributed by atoms with Crippen LogP contribution in [0.4, 0.5) is 15.3 Å². The van der Waals surface area contributed by atoms with Gasteiger partial charge in [-0.2, -0.15) is 5.26 Å². The SMILES string of the molecule is CC.CC(C)Nc1nc(-c2cc(OF)c3ccc(NCC#N)cc3n2)cs1. The number of pyridine rings is 1. The molecular formula is C19H22FN5OS. The predicted octanol–water partition coefficient (Wildman–Crippen LogP) is 5.40. The molecule has 2 aromatic heterocycles. The molecule has 0 unspecified atom stereocenters. The van der Waals surface area contributed by atoms with E-state index in [1.165, 1.54) is 17.4 Å². The molecule has 1 aromatic carbocycles. The van der Waals surface area contributed by atoms with Crippen molar-refractivity contribution >= 4 is 33.1 Å². The predicted molar refractivity (Wildman–Crippen MR) is 109 cm³/mol. The van der Waals surface area contributed by atoms with Crippen molar-refractivity contribution in [3.8, 4) is 23.2 Å². The summed E-state index contributed by atoms with van der Waals surface area (Å²) in [6.07, 6.45) is 0. The van der Waals surface area contributed by atoms with E-state index in [4.69, 9.17) is 5.26 Å². The third-order valence-corrected chi connectivity index (χ3v) is 4.18. The number of hydrogen-bond donors (Lipinski definition) is 2. The Morgan fingerprint density at radius 2 is 2.00 bits per heavy atom. The lowest BCUT2D eigenvalue weighted by Gasteiger charge is -2.08. The Morgan fingerprint density at radius 1 is 1.22 bits per heavy atom. The number of halogens is 1. The van der Waals surface area contributed by atoms with Crippen molar-refractivity contribution in [2.45, 2.75) is 33.7 Å². The molecule has 2 heterocycles. The van der Waals surface area contributed by atoms with Gasteiger partial charge in [0.15, 0.2) is 10.9 Å². The third-order valence-electron chi connectivity index (χ3n) is 3.41. The second kappa shape index (κ2) is 9.69. The lowest BCUT2D eigenvalue weighted by Crippen LogP contribution is -2.09. The van der Waals surface area contributed by atoms with Gasteiger partial charge in [-0.05, 0) is 32.0 Å². The number of nitrogens with zero attached hydrogens (tertiary/aromatic N) is 3. The molecule has 3 aromatic rings. The molecule has 0 saturated heterocycles. The summed E-state index contributed by atoms with van der Waals surface area (Å²) in [5.41, 5.74) is 2.44. The van der Waals surface area contributed by atoms with Crippen molar-refractivity contribution in [1.29, 1.82) is 5.26 Å². The Hall–Kier alpha value is -2.92. The summed E-state index contributed by atoms with van der Waals surface area (Å²) in [7, 11) is 0. The fourth-order valence-corrected chi connectivity index (χ4v) is 3.20. The monoisotopic (exact) mass is 387 g/mol. The maximum atomic E-state index is 13.0. The van der Waals surface area contributed by atoms with Crippen molar-refractivity contribution in [2.75, 3.05) is 17.2 Å². The van der Waals surface area contributed by atoms with Gasteiger partial charge in [-0.25, -0.2) is 9.97 Å². The molecule has 2 N–H and O–H groups in total. The molecule has 0 aliphatic rings. The molecule has 0 fully saturated rings. The molecule has 0 aliphatic heterocycles. The first-order chi connectivity index (χ1) is 13.1. The number of nitriles is 1. The van der Waals surface area contributed by atoms with E-state index in [1.54, 1.807) is 18.2 Å². The number of thiazole rings is 1. The van der Waals surface area contributed by atoms with Crippen LogP contribution in [0.15, 0.2) is 29.6 Å². The van der Waals surface area contributed by atoms with Crippen LogP contribution in [-0.4, -0.2) is 22.6 Å². The van der Waals surface area contributed by atoms with Crippen molar-refractivity contribution in [3.63, 3.8) is 0 Å². The maximum absolute atomic E-state index is 13.0. The van der Waals surface area contributed by atoms with Crippen LogP contribution in [0.3, 0.4) is 0 Å². The highest BCUT2D eigenvalue weighted by Crippen LogP contribution is 2.33. The van der Waals surface area contributed by atoms with Gasteiger partial charge in [0, 0.05) is 33.1 Å². The standard InChI is InChI=1S/C17H16FN5OS.C2H6/c1-10(2)21-17-23-15(9-25-17)14-8-16(24-18)12-4-3-11(20-6-5-19)7-13(12)22-14;1-2/h3-4,7-10,20H,6H2,1-2H3,(H,21,23);1-2H3. The van der Waals surface area contributed by atoms with Crippen LogP contribution in [-0.2, 0) is 0 Å². The Bertz CT molecular complexity index is 935. The minimum absolute atomic E-state index is 0.0817. The maximum Gasteiger partial charge on any atom is 0.183 e. The van der Waals surface area contributed by atoms with Gasteiger partial charge in [-0.1, -0.05) is 13.8 Å². The van der Waals surface area contributed by atoms with Crippen molar-refractivity contribution < 1.29 is 9.47 Å². The normalized spacial score (nSPS) is 10.1. The number of hydrogen-bond acceptors (Lipinski definition) is 7. The Balaban J connectivity index is 0.00000126. The highest BCUT2D eigenvalue weighted by molar-refractivity contribution is 7.14. The van der Waals surface area contributed by atoms with Crippen molar-refractivity contribution in [3.05, 3.63) is 29.6 Å². The summed E-state index contributed by atoms with van der Waals surface area (Å²) in [6.45, 7) is 8.23. The number of rotatable bonds is 6. The second-order valence-corrected chi connectivity index (χ2v) is 6.52. The summed E-state index contributed by atoms with van der Waals surface area (Å²) in [5, 5.41) is 18.0. The van der Waals surface area contributed by atoms with E-state index >= 15 is 0 Å².